The van der Waals surface area contributed by atoms with E-state index in [9.17, 15) is 9.59 Å². The molecule has 1 fully saturated rings. The summed E-state index contributed by atoms with van der Waals surface area (Å²) >= 11 is 0. The molecule has 1 saturated carbocycles. The Morgan fingerprint density at radius 2 is 2.24 bits per heavy atom. The van der Waals surface area contributed by atoms with Crippen LogP contribution in [0.5, 0.6) is 0 Å². The van der Waals surface area contributed by atoms with Crippen LogP contribution in [0.3, 0.4) is 0 Å². The number of furan rings is 1. The van der Waals surface area contributed by atoms with Gasteiger partial charge >= 0.3 is 5.97 Å². The Labute approximate surface area is 120 Å². The minimum absolute atomic E-state index is 0.140. The van der Waals surface area contributed by atoms with Crippen LogP contribution in [-0.4, -0.2) is 26.8 Å². The van der Waals surface area contributed by atoms with Gasteiger partial charge in [0, 0.05) is 13.0 Å². The summed E-state index contributed by atoms with van der Waals surface area (Å²) in [5.41, 5.74) is 1.53. The van der Waals surface area contributed by atoms with Crippen LogP contribution < -0.4 is 5.32 Å². The third-order valence-electron chi connectivity index (χ3n) is 3.49. The lowest BCUT2D eigenvalue weighted by atomic mass is 10.1. The van der Waals surface area contributed by atoms with Gasteiger partial charge in [0.2, 0.25) is 5.76 Å². The van der Waals surface area contributed by atoms with Gasteiger partial charge in [-0.05, 0) is 25.0 Å². The molecular formula is C14H15N3O4. The molecule has 2 aromatic rings. The zero-order valence-electron chi connectivity index (χ0n) is 11.5. The molecule has 3 rings (SSSR count). The van der Waals surface area contributed by atoms with Gasteiger partial charge in [0.25, 0.3) is 5.91 Å². The molecule has 21 heavy (non-hydrogen) atoms. The quantitative estimate of drug-likeness (QED) is 0.869. The zero-order valence-corrected chi connectivity index (χ0v) is 11.5. The molecule has 1 aliphatic carbocycles. The molecule has 0 saturated heterocycles. The van der Waals surface area contributed by atoms with Crippen LogP contribution in [0.1, 0.15) is 51.1 Å². The highest BCUT2D eigenvalue weighted by atomic mass is 16.4. The highest BCUT2D eigenvalue weighted by Crippen LogP contribution is 2.41. The Hall–Kier alpha value is -2.57. The van der Waals surface area contributed by atoms with Gasteiger partial charge in [-0.25, -0.2) is 4.79 Å². The smallest absolute Gasteiger partial charge is 0.371 e. The van der Waals surface area contributed by atoms with Gasteiger partial charge in [-0.1, -0.05) is 0 Å². The predicted octanol–water partition coefficient (Wildman–Crippen LogP) is 1.52. The third-order valence-corrected chi connectivity index (χ3v) is 3.49. The Morgan fingerprint density at radius 3 is 2.86 bits per heavy atom. The van der Waals surface area contributed by atoms with Crippen molar-refractivity contribution >= 4 is 11.9 Å². The second-order valence-corrected chi connectivity index (χ2v) is 5.10. The molecule has 0 aromatic carbocycles. The first-order valence-corrected chi connectivity index (χ1v) is 6.68. The number of aromatic carboxylic acids is 1. The number of carboxylic acids is 1. The number of aromatic nitrogens is 2. The van der Waals surface area contributed by atoms with E-state index < -0.39 is 5.97 Å². The van der Waals surface area contributed by atoms with Crippen molar-refractivity contribution in [1.29, 1.82) is 0 Å². The minimum atomic E-state index is -1.13. The first-order valence-electron chi connectivity index (χ1n) is 6.68. The van der Waals surface area contributed by atoms with E-state index in [1.54, 1.807) is 10.9 Å². The van der Waals surface area contributed by atoms with Crippen molar-refractivity contribution in [2.24, 2.45) is 7.05 Å². The highest BCUT2D eigenvalue weighted by Gasteiger charge is 2.31. The molecule has 7 heteroatoms. The van der Waals surface area contributed by atoms with Gasteiger partial charge in [0.1, 0.15) is 5.76 Å². The van der Waals surface area contributed by atoms with Gasteiger partial charge in [0.05, 0.1) is 24.0 Å². The van der Waals surface area contributed by atoms with Crippen LogP contribution in [0.15, 0.2) is 22.7 Å². The Kier molecular flexibility index (Phi) is 3.25. The maximum Gasteiger partial charge on any atom is 0.371 e. The molecule has 7 nitrogen and oxygen atoms in total. The number of carboxylic acid groups (broad SMARTS) is 1. The van der Waals surface area contributed by atoms with Gasteiger partial charge < -0.3 is 14.8 Å². The molecule has 1 aliphatic rings. The van der Waals surface area contributed by atoms with E-state index in [0.29, 0.717) is 17.2 Å². The van der Waals surface area contributed by atoms with Gasteiger partial charge in [-0.3, -0.25) is 9.48 Å². The fourth-order valence-electron chi connectivity index (χ4n) is 2.31. The van der Waals surface area contributed by atoms with E-state index in [-0.39, 0.29) is 18.2 Å². The second-order valence-electron chi connectivity index (χ2n) is 5.10. The molecule has 0 atom stereocenters. The molecule has 2 aromatic heterocycles. The van der Waals surface area contributed by atoms with Crippen molar-refractivity contribution in [3.05, 3.63) is 41.1 Å². The maximum atomic E-state index is 12.2. The molecule has 2 N–H and O–H groups in total. The third kappa shape index (κ3) is 2.67. The van der Waals surface area contributed by atoms with E-state index in [4.69, 9.17) is 9.52 Å². The molecule has 2 heterocycles. The van der Waals surface area contributed by atoms with Crippen molar-refractivity contribution in [3.8, 4) is 0 Å². The molecule has 0 bridgehead atoms. The monoisotopic (exact) mass is 289 g/mol. The molecule has 1 amide bonds. The van der Waals surface area contributed by atoms with Crippen LogP contribution in [0.2, 0.25) is 0 Å². The summed E-state index contributed by atoms with van der Waals surface area (Å²) in [6.07, 6.45) is 3.73. The summed E-state index contributed by atoms with van der Waals surface area (Å²) in [6, 6.07) is 2.90. The van der Waals surface area contributed by atoms with E-state index in [1.807, 2.05) is 7.05 Å². The van der Waals surface area contributed by atoms with E-state index in [0.717, 1.165) is 18.5 Å². The van der Waals surface area contributed by atoms with Crippen LogP contribution in [0.25, 0.3) is 0 Å². The first kappa shape index (κ1) is 13.4. The number of carbonyl (C=O) groups excluding carboxylic acids is 1. The van der Waals surface area contributed by atoms with E-state index >= 15 is 0 Å². The van der Waals surface area contributed by atoms with Crippen LogP contribution >= 0.6 is 0 Å². The van der Waals surface area contributed by atoms with Crippen molar-refractivity contribution in [2.75, 3.05) is 0 Å². The molecule has 0 unspecified atom stereocenters. The van der Waals surface area contributed by atoms with Crippen molar-refractivity contribution < 1.29 is 19.1 Å². The number of aryl methyl sites for hydroxylation is 1. The minimum Gasteiger partial charge on any atom is -0.475 e. The summed E-state index contributed by atoms with van der Waals surface area (Å²) in [4.78, 5) is 22.9. The summed E-state index contributed by atoms with van der Waals surface area (Å²) in [5, 5.41) is 15.6. The fraction of sp³-hybridized carbons (Fsp3) is 0.357. The molecule has 0 spiro atoms. The number of nitrogens with zero attached hydrogens (tertiary/aromatic N) is 2. The fourth-order valence-corrected chi connectivity index (χ4v) is 2.31. The SMILES string of the molecule is Cn1ncc(C(=O)NCc2ccc(C(=O)O)o2)c1C1CC1. The number of hydrogen-bond acceptors (Lipinski definition) is 4. The lowest BCUT2D eigenvalue weighted by Gasteiger charge is -2.05. The number of nitrogens with one attached hydrogen (secondary N) is 1. The second kappa shape index (κ2) is 5.08. The summed E-state index contributed by atoms with van der Waals surface area (Å²) in [7, 11) is 1.83. The molecule has 0 radical (unpaired) electrons. The summed E-state index contributed by atoms with van der Waals surface area (Å²) in [6.45, 7) is 0.144. The average Bonchev–Trinajstić information content (AvgIpc) is 3.03. The largest absolute Gasteiger partial charge is 0.475 e. The maximum absolute atomic E-state index is 12.2. The van der Waals surface area contributed by atoms with Crippen LogP contribution in [-0.2, 0) is 13.6 Å². The zero-order chi connectivity index (χ0) is 15.0. The topological polar surface area (TPSA) is 97.4 Å². The molecule has 110 valence electrons. The standard InChI is InChI=1S/C14H15N3O4/c1-17-12(8-2-3-8)10(7-16-17)13(18)15-6-9-4-5-11(21-9)14(19)20/h4-5,7-8H,2-3,6H2,1H3,(H,15,18)(H,19,20). The summed E-state index contributed by atoms with van der Waals surface area (Å²) < 4.78 is 6.83. The van der Waals surface area contributed by atoms with Crippen molar-refractivity contribution in [1.82, 2.24) is 15.1 Å². The number of rotatable bonds is 5. The number of hydrogen-bond donors (Lipinski definition) is 2. The van der Waals surface area contributed by atoms with Gasteiger partial charge in [-0.2, -0.15) is 5.10 Å². The number of amides is 1. The number of carbonyl (C=O) groups is 2. The van der Waals surface area contributed by atoms with Crippen LogP contribution in [0, 0.1) is 0 Å². The van der Waals surface area contributed by atoms with Crippen molar-refractivity contribution in [2.45, 2.75) is 25.3 Å². The lowest BCUT2D eigenvalue weighted by Crippen LogP contribution is -2.23. The first-order chi connectivity index (χ1) is 10.1. The van der Waals surface area contributed by atoms with E-state index in [1.165, 1.54) is 12.1 Å². The summed E-state index contributed by atoms with van der Waals surface area (Å²) in [5.74, 6) is -0.675. The predicted molar refractivity (Wildman–Crippen MR) is 72.0 cm³/mol. The molecular weight excluding hydrogens is 274 g/mol. The van der Waals surface area contributed by atoms with Crippen LogP contribution in [0.4, 0.5) is 0 Å². The van der Waals surface area contributed by atoms with Gasteiger partial charge in [-0.15, -0.1) is 0 Å². The average molecular weight is 289 g/mol. The highest BCUT2D eigenvalue weighted by molar-refractivity contribution is 5.95. The Morgan fingerprint density at radius 1 is 1.48 bits per heavy atom. The lowest BCUT2D eigenvalue weighted by molar-refractivity contribution is 0.0660. The molecule has 0 aliphatic heterocycles. The van der Waals surface area contributed by atoms with Crippen molar-refractivity contribution in [3.63, 3.8) is 0 Å². The van der Waals surface area contributed by atoms with E-state index in [2.05, 4.69) is 10.4 Å². The normalized spacial score (nSPS) is 14.1. The van der Waals surface area contributed by atoms with Gasteiger partial charge in [0.15, 0.2) is 0 Å². The Bertz CT molecular complexity index is 697. The Balaban J connectivity index is 1.67.